The van der Waals surface area contributed by atoms with Crippen LogP contribution in [0.15, 0.2) is 35.7 Å². The van der Waals surface area contributed by atoms with Gasteiger partial charge in [-0.15, -0.1) is 0 Å². The third-order valence-corrected chi connectivity index (χ3v) is 3.00. The lowest BCUT2D eigenvalue weighted by Crippen LogP contribution is -2.24. The van der Waals surface area contributed by atoms with E-state index in [1.54, 1.807) is 13.3 Å². The minimum Gasteiger partial charge on any atom is -0.532 e. The van der Waals surface area contributed by atoms with Crippen molar-refractivity contribution >= 4 is 14.5 Å². The standard InChI is InChI=1S/C14H21NO2Si/c1-11-7-8-14(16-3)13(9-11)10-15-12(2)17-18(4,5)6/h7-10H,2H2,1,3-6H3. The van der Waals surface area contributed by atoms with Crippen LogP contribution in [0.1, 0.15) is 11.1 Å². The van der Waals surface area contributed by atoms with Gasteiger partial charge < -0.3 is 9.16 Å². The molecule has 3 nitrogen and oxygen atoms in total. The van der Waals surface area contributed by atoms with Gasteiger partial charge in [-0.2, -0.15) is 0 Å². The Morgan fingerprint density at radius 1 is 1.33 bits per heavy atom. The SMILES string of the molecule is C=C(N=Cc1cc(C)ccc1OC)O[Si](C)(C)C. The molecule has 0 aliphatic heterocycles. The van der Waals surface area contributed by atoms with Crippen LogP contribution in [-0.4, -0.2) is 21.6 Å². The monoisotopic (exact) mass is 263 g/mol. The molecule has 1 rings (SSSR count). The van der Waals surface area contributed by atoms with Gasteiger partial charge in [-0.25, -0.2) is 4.99 Å². The zero-order valence-corrected chi connectivity index (χ0v) is 12.8. The van der Waals surface area contributed by atoms with E-state index in [9.17, 15) is 0 Å². The first-order valence-electron chi connectivity index (χ1n) is 5.88. The van der Waals surface area contributed by atoms with E-state index in [0.29, 0.717) is 5.88 Å². The molecule has 0 aliphatic carbocycles. The van der Waals surface area contributed by atoms with Crippen molar-refractivity contribution in [1.82, 2.24) is 0 Å². The predicted octanol–water partition coefficient (Wildman–Crippen LogP) is 3.75. The Labute approximate surface area is 110 Å². The molecule has 0 atom stereocenters. The van der Waals surface area contributed by atoms with Crippen LogP contribution in [0.3, 0.4) is 0 Å². The summed E-state index contributed by atoms with van der Waals surface area (Å²) < 4.78 is 10.9. The molecular weight excluding hydrogens is 242 g/mol. The number of aryl methyl sites for hydroxylation is 1. The number of aliphatic imine (C=N–C) groups is 1. The van der Waals surface area contributed by atoms with Crippen LogP contribution in [0, 0.1) is 6.92 Å². The second kappa shape index (κ2) is 5.86. The third kappa shape index (κ3) is 4.75. The summed E-state index contributed by atoms with van der Waals surface area (Å²) in [7, 11) is 0.0124. The van der Waals surface area contributed by atoms with Gasteiger partial charge in [0, 0.05) is 11.8 Å². The van der Waals surface area contributed by atoms with Gasteiger partial charge in [0.15, 0.2) is 5.88 Å². The maximum absolute atomic E-state index is 5.67. The van der Waals surface area contributed by atoms with E-state index in [-0.39, 0.29) is 0 Å². The first-order chi connectivity index (χ1) is 8.31. The second-order valence-corrected chi connectivity index (χ2v) is 9.54. The molecule has 0 aliphatic rings. The van der Waals surface area contributed by atoms with Crippen LogP contribution in [0.4, 0.5) is 0 Å². The van der Waals surface area contributed by atoms with Crippen LogP contribution >= 0.6 is 0 Å². The van der Waals surface area contributed by atoms with E-state index in [4.69, 9.17) is 9.16 Å². The number of methoxy groups -OCH3 is 1. The molecule has 0 N–H and O–H groups in total. The van der Waals surface area contributed by atoms with Gasteiger partial charge in [0.2, 0.25) is 8.32 Å². The van der Waals surface area contributed by atoms with Gasteiger partial charge in [0.25, 0.3) is 0 Å². The fourth-order valence-corrected chi connectivity index (χ4v) is 2.24. The van der Waals surface area contributed by atoms with Crippen molar-refractivity contribution in [3.8, 4) is 5.75 Å². The summed E-state index contributed by atoms with van der Waals surface area (Å²) in [4.78, 5) is 4.24. The maximum atomic E-state index is 5.67. The van der Waals surface area contributed by atoms with Crippen molar-refractivity contribution in [3.05, 3.63) is 41.8 Å². The summed E-state index contributed by atoms with van der Waals surface area (Å²) in [5.74, 6) is 1.25. The van der Waals surface area contributed by atoms with Gasteiger partial charge in [-0.1, -0.05) is 11.6 Å². The van der Waals surface area contributed by atoms with Crippen LogP contribution < -0.4 is 4.74 Å². The van der Waals surface area contributed by atoms with Gasteiger partial charge in [0.1, 0.15) is 5.75 Å². The Bertz CT molecular complexity index is 461. The number of nitrogens with zero attached hydrogens (tertiary/aromatic N) is 1. The van der Waals surface area contributed by atoms with Crippen molar-refractivity contribution in [2.75, 3.05) is 7.11 Å². The Morgan fingerprint density at radius 3 is 2.56 bits per heavy atom. The summed E-state index contributed by atoms with van der Waals surface area (Å²) in [5, 5.41) is 0. The summed E-state index contributed by atoms with van der Waals surface area (Å²) in [6, 6.07) is 5.95. The molecule has 0 spiro atoms. The van der Waals surface area contributed by atoms with E-state index in [2.05, 4.69) is 31.2 Å². The molecule has 0 unspecified atom stereocenters. The molecule has 0 saturated heterocycles. The highest BCUT2D eigenvalue weighted by Gasteiger charge is 2.16. The fraction of sp³-hybridized carbons (Fsp3) is 0.357. The molecule has 4 heteroatoms. The van der Waals surface area contributed by atoms with Gasteiger partial charge in [-0.3, -0.25) is 0 Å². The van der Waals surface area contributed by atoms with Gasteiger partial charge >= 0.3 is 0 Å². The van der Waals surface area contributed by atoms with Crippen LogP contribution in [0.2, 0.25) is 19.6 Å². The zero-order valence-electron chi connectivity index (χ0n) is 11.8. The number of benzene rings is 1. The fourth-order valence-electron chi connectivity index (χ4n) is 1.48. The first-order valence-corrected chi connectivity index (χ1v) is 9.29. The lowest BCUT2D eigenvalue weighted by Gasteiger charge is -2.18. The summed E-state index contributed by atoms with van der Waals surface area (Å²) in [5.41, 5.74) is 2.09. The predicted molar refractivity (Wildman–Crippen MR) is 78.9 cm³/mol. The molecule has 0 radical (unpaired) electrons. The first kappa shape index (κ1) is 14.5. The Kier molecular flexibility index (Phi) is 4.73. The lowest BCUT2D eigenvalue weighted by molar-refractivity contribution is 0.413. The topological polar surface area (TPSA) is 30.8 Å². The normalized spacial score (nSPS) is 11.6. The smallest absolute Gasteiger partial charge is 0.244 e. The third-order valence-electron chi connectivity index (χ3n) is 2.16. The van der Waals surface area contributed by atoms with Gasteiger partial charge in [0.05, 0.1) is 7.11 Å². The average molecular weight is 263 g/mol. The number of rotatable bonds is 5. The largest absolute Gasteiger partial charge is 0.532 e. The van der Waals surface area contributed by atoms with Crippen LogP contribution in [0.25, 0.3) is 0 Å². The van der Waals surface area contributed by atoms with E-state index in [0.717, 1.165) is 16.9 Å². The van der Waals surface area contributed by atoms with E-state index < -0.39 is 8.32 Å². The number of ether oxygens (including phenoxy) is 1. The van der Waals surface area contributed by atoms with E-state index in [1.807, 2.05) is 25.1 Å². The molecule has 0 fully saturated rings. The van der Waals surface area contributed by atoms with Crippen molar-refractivity contribution in [1.29, 1.82) is 0 Å². The quantitative estimate of drug-likeness (QED) is 0.460. The minimum absolute atomic E-state index is 0.456. The van der Waals surface area contributed by atoms with Crippen LogP contribution in [-0.2, 0) is 4.43 Å². The van der Waals surface area contributed by atoms with Crippen LogP contribution in [0.5, 0.6) is 5.75 Å². The Morgan fingerprint density at radius 2 is 2.00 bits per heavy atom. The van der Waals surface area contributed by atoms with Crippen molar-refractivity contribution in [2.45, 2.75) is 26.6 Å². The summed E-state index contributed by atoms with van der Waals surface area (Å²) in [6.45, 7) is 12.1. The lowest BCUT2D eigenvalue weighted by atomic mass is 10.1. The average Bonchev–Trinajstić information content (AvgIpc) is 2.24. The molecule has 1 aromatic rings. The highest BCUT2D eigenvalue weighted by Crippen LogP contribution is 2.18. The summed E-state index contributed by atoms with van der Waals surface area (Å²) in [6.07, 6.45) is 1.73. The maximum Gasteiger partial charge on any atom is 0.244 e. The molecule has 98 valence electrons. The number of hydrogen-bond donors (Lipinski definition) is 0. The Balaban J connectivity index is 2.84. The molecule has 0 aromatic heterocycles. The van der Waals surface area contributed by atoms with Crippen molar-refractivity contribution in [2.24, 2.45) is 4.99 Å². The summed E-state index contributed by atoms with van der Waals surface area (Å²) >= 11 is 0. The van der Waals surface area contributed by atoms with Crippen molar-refractivity contribution < 1.29 is 9.16 Å². The zero-order chi connectivity index (χ0) is 13.8. The molecule has 1 aromatic carbocycles. The number of hydrogen-bond acceptors (Lipinski definition) is 3. The highest BCUT2D eigenvalue weighted by atomic mass is 28.4. The Hall–Kier alpha value is -1.55. The minimum atomic E-state index is -1.64. The molecule has 0 amide bonds. The highest BCUT2D eigenvalue weighted by molar-refractivity contribution is 6.70. The molecule has 0 heterocycles. The van der Waals surface area contributed by atoms with Crippen molar-refractivity contribution in [3.63, 3.8) is 0 Å². The molecular formula is C14H21NO2Si. The van der Waals surface area contributed by atoms with E-state index >= 15 is 0 Å². The molecule has 18 heavy (non-hydrogen) atoms. The van der Waals surface area contributed by atoms with Gasteiger partial charge in [-0.05, 0) is 45.3 Å². The molecule has 0 bridgehead atoms. The second-order valence-electron chi connectivity index (χ2n) is 5.11. The van der Waals surface area contributed by atoms with E-state index in [1.165, 1.54) is 0 Å². The molecule has 0 saturated carbocycles.